The fraction of sp³-hybridized carbons (Fsp3) is 0.538. The summed E-state index contributed by atoms with van der Waals surface area (Å²) in [7, 11) is 0. The highest BCUT2D eigenvalue weighted by Crippen LogP contribution is 2.19. The van der Waals surface area contributed by atoms with E-state index in [-0.39, 0.29) is 24.3 Å². The summed E-state index contributed by atoms with van der Waals surface area (Å²) in [6.07, 6.45) is -4.16. The average molecular weight is 348 g/mol. The molecule has 0 aliphatic carbocycles. The molecule has 0 aliphatic rings. The van der Waals surface area contributed by atoms with E-state index in [9.17, 15) is 27.6 Å². The minimum atomic E-state index is -5.20. The summed E-state index contributed by atoms with van der Waals surface area (Å²) in [4.78, 5) is 41.5. The summed E-state index contributed by atoms with van der Waals surface area (Å²) in [5.74, 6) is -2.47. The number of aryl methyl sites for hydroxylation is 1. The molecule has 0 saturated heterocycles. The maximum absolute atomic E-state index is 12.4. The number of esters is 1. The van der Waals surface area contributed by atoms with Crippen molar-refractivity contribution >= 4 is 17.1 Å². The Bertz CT molecular complexity index is 878. The van der Waals surface area contributed by atoms with Crippen LogP contribution in [0, 0.1) is 0 Å². The van der Waals surface area contributed by atoms with Crippen LogP contribution in [0.15, 0.2) is 9.59 Å². The second-order valence-electron chi connectivity index (χ2n) is 5.02. The molecule has 0 amide bonds. The van der Waals surface area contributed by atoms with Gasteiger partial charge in [-0.15, -0.1) is 0 Å². The molecule has 24 heavy (non-hydrogen) atoms. The first-order valence-electron chi connectivity index (χ1n) is 7.23. The van der Waals surface area contributed by atoms with Crippen LogP contribution in [0.3, 0.4) is 0 Å². The molecule has 2 aromatic heterocycles. The molecule has 2 heterocycles. The Hall–Kier alpha value is -2.59. The van der Waals surface area contributed by atoms with Crippen LogP contribution in [0.1, 0.15) is 26.7 Å². The van der Waals surface area contributed by atoms with E-state index in [2.05, 4.69) is 14.7 Å². The van der Waals surface area contributed by atoms with Gasteiger partial charge in [-0.1, -0.05) is 13.8 Å². The Morgan fingerprint density at radius 3 is 2.29 bits per heavy atom. The lowest BCUT2D eigenvalue weighted by Crippen LogP contribution is -2.40. The number of nitrogens with zero attached hydrogens (tertiary/aromatic N) is 3. The number of halogens is 3. The molecule has 0 saturated carbocycles. The first-order chi connectivity index (χ1) is 11.2. The predicted molar refractivity (Wildman–Crippen MR) is 76.9 cm³/mol. The quantitative estimate of drug-likeness (QED) is 0.818. The van der Waals surface area contributed by atoms with Crippen molar-refractivity contribution in [3.8, 4) is 6.01 Å². The summed E-state index contributed by atoms with van der Waals surface area (Å²) in [5, 5.41) is 0. The van der Waals surface area contributed by atoms with E-state index in [0.29, 0.717) is 12.8 Å². The monoisotopic (exact) mass is 348 g/mol. The first kappa shape index (κ1) is 17.8. The third kappa shape index (κ3) is 3.19. The number of rotatable bonds is 5. The molecule has 0 aliphatic heterocycles. The van der Waals surface area contributed by atoms with Crippen molar-refractivity contribution < 1.29 is 22.7 Å². The summed E-state index contributed by atoms with van der Waals surface area (Å²) in [6.45, 7) is 3.90. The molecule has 2 rings (SSSR count). The lowest BCUT2D eigenvalue weighted by Gasteiger charge is -2.09. The van der Waals surface area contributed by atoms with E-state index in [0.717, 1.165) is 9.13 Å². The van der Waals surface area contributed by atoms with Crippen LogP contribution in [0.5, 0.6) is 6.01 Å². The summed E-state index contributed by atoms with van der Waals surface area (Å²) in [6, 6.07) is -0.789. The SMILES string of the molecule is CCCn1c(=O)c2[nH]c(OC(=O)C(F)(F)F)nc2n(CCC)c1=O. The predicted octanol–water partition coefficient (Wildman–Crippen LogP) is 1.17. The molecule has 0 aromatic carbocycles. The smallest absolute Gasteiger partial charge is 0.385 e. The summed E-state index contributed by atoms with van der Waals surface area (Å²) >= 11 is 0. The number of H-pyrrole nitrogens is 1. The lowest BCUT2D eigenvalue weighted by atomic mass is 10.4. The number of hydrogen-bond acceptors (Lipinski definition) is 5. The van der Waals surface area contributed by atoms with Crippen LogP contribution in [-0.2, 0) is 17.9 Å². The molecule has 0 radical (unpaired) electrons. The van der Waals surface area contributed by atoms with Crippen LogP contribution >= 0.6 is 0 Å². The number of carbonyl (C=O) groups is 1. The van der Waals surface area contributed by atoms with E-state index in [1.807, 2.05) is 0 Å². The molecule has 2 aromatic rings. The van der Waals surface area contributed by atoms with Gasteiger partial charge in [-0.2, -0.15) is 18.2 Å². The fourth-order valence-corrected chi connectivity index (χ4v) is 2.19. The van der Waals surface area contributed by atoms with Crippen molar-refractivity contribution in [2.45, 2.75) is 46.0 Å². The molecule has 11 heteroatoms. The first-order valence-corrected chi connectivity index (χ1v) is 7.23. The van der Waals surface area contributed by atoms with Crippen LogP contribution < -0.4 is 16.0 Å². The van der Waals surface area contributed by atoms with E-state index in [4.69, 9.17) is 0 Å². The number of nitrogens with one attached hydrogen (secondary N) is 1. The number of ether oxygens (including phenoxy) is 1. The zero-order valence-corrected chi connectivity index (χ0v) is 12.9. The number of carbonyl (C=O) groups excluding carboxylic acids is 1. The van der Waals surface area contributed by atoms with Gasteiger partial charge in [0.1, 0.15) is 0 Å². The second kappa shape index (κ2) is 6.49. The lowest BCUT2D eigenvalue weighted by molar-refractivity contribution is -0.190. The Kier molecular flexibility index (Phi) is 4.81. The van der Waals surface area contributed by atoms with Crippen molar-refractivity contribution in [1.29, 1.82) is 0 Å². The number of imidazole rings is 1. The van der Waals surface area contributed by atoms with E-state index in [1.165, 1.54) is 0 Å². The number of alkyl halides is 3. The second-order valence-corrected chi connectivity index (χ2v) is 5.02. The van der Waals surface area contributed by atoms with Crippen LogP contribution in [0.2, 0.25) is 0 Å². The number of aromatic amines is 1. The molecule has 0 spiro atoms. The van der Waals surface area contributed by atoms with Gasteiger partial charge in [0.05, 0.1) is 0 Å². The molecule has 0 fully saturated rings. The number of fused-ring (bicyclic) bond motifs is 1. The molecule has 0 bridgehead atoms. The zero-order chi connectivity index (χ0) is 18.1. The van der Waals surface area contributed by atoms with E-state index >= 15 is 0 Å². The maximum Gasteiger partial charge on any atom is 0.491 e. The highest BCUT2D eigenvalue weighted by Gasteiger charge is 2.42. The van der Waals surface area contributed by atoms with Crippen molar-refractivity contribution in [3.05, 3.63) is 20.8 Å². The van der Waals surface area contributed by atoms with E-state index < -0.39 is 29.4 Å². The van der Waals surface area contributed by atoms with Gasteiger partial charge in [-0.25, -0.2) is 9.59 Å². The van der Waals surface area contributed by atoms with Crippen LogP contribution in [-0.4, -0.2) is 31.2 Å². The Balaban J connectivity index is 2.64. The van der Waals surface area contributed by atoms with Crippen molar-refractivity contribution in [2.75, 3.05) is 0 Å². The number of aromatic nitrogens is 4. The van der Waals surface area contributed by atoms with Gasteiger partial charge in [-0.05, 0) is 12.8 Å². The van der Waals surface area contributed by atoms with Crippen LogP contribution in [0.25, 0.3) is 11.2 Å². The molecular weight excluding hydrogens is 333 g/mol. The van der Waals surface area contributed by atoms with Crippen molar-refractivity contribution in [1.82, 2.24) is 19.1 Å². The van der Waals surface area contributed by atoms with Gasteiger partial charge in [0.15, 0.2) is 11.2 Å². The van der Waals surface area contributed by atoms with Gasteiger partial charge in [-0.3, -0.25) is 13.9 Å². The van der Waals surface area contributed by atoms with Crippen molar-refractivity contribution in [3.63, 3.8) is 0 Å². The Labute approximate surface area is 132 Å². The van der Waals surface area contributed by atoms with Crippen molar-refractivity contribution in [2.24, 2.45) is 0 Å². The molecule has 8 nitrogen and oxygen atoms in total. The molecular formula is C13H15F3N4O4. The Morgan fingerprint density at radius 2 is 1.75 bits per heavy atom. The normalized spacial score (nSPS) is 11.9. The van der Waals surface area contributed by atoms with Crippen LogP contribution in [0.4, 0.5) is 13.2 Å². The summed E-state index contributed by atoms with van der Waals surface area (Å²) in [5.41, 5.74) is -1.69. The van der Waals surface area contributed by atoms with Gasteiger partial charge in [0.2, 0.25) is 0 Å². The van der Waals surface area contributed by atoms with E-state index in [1.54, 1.807) is 13.8 Å². The number of hydrogen-bond donors (Lipinski definition) is 1. The van der Waals surface area contributed by atoms with Gasteiger partial charge in [0.25, 0.3) is 5.56 Å². The fourth-order valence-electron chi connectivity index (χ4n) is 2.19. The molecule has 1 N–H and O–H groups in total. The standard InChI is InChI=1S/C13H15F3N4O4/c1-3-5-19-8-7(9(21)20(6-4-2)12(19)23)17-11(18-8)24-10(22)13(14,15)16/h3-6H2,1-2H3,(H,17,18). The minimum absolute atomic E-state index is 0.147. The van der Waals surface area contributed by atoms with Gasteiger partial charge in [0, 0.05) is 13.1 Å². The topological polar surface area (TPSA) is 99.0 Å². The third-order valence-electron chi connectivity index (χ3n) is 3.15. The molecule has 0 atom stereocenters. The summed E-state index contributed by atoms with van der Waals surface area (Å²) < 4.78 is 43.0. The maximum atomic E-state index is 12.4. The average Bonchev–Trinajstić information content (AvgIpc) is 2.91. The Morgan fingerprint density at radius 1 is 1.17 bits per heavy atom. The largest absolute Gasteiger partial charge is 0.491 e. The minimum Gasteiger partial charge on any atom is -0.385 e. The molecule has 132 valence electrons. The highest BCUT2D eigenvalue weighted by atomic mass is 19.4. The third-order valence-corrected chi connectivity index (χ3v) is 3.15. The van der Waals surface area contributed by atoms with Gasteiger partial charge < -0.3 is 9.72 Å². The molecule has 0 unspecified atom stereocenters. The highest BCUT2D eigenvalue weighted by molar-refractivity contribution is 5.78. The van der Waals surface area contributed by atoms with Gasteiger partial charge >= 0.3 is 23.8 Å². The zero-order valence-electron chi connectivity index (χ0n) is 12.9.